The van der Waals surface area contributed by atoms with E-state index >= 15 is 0 Å². The van der Waals surface area contributed by atoms with E-state index in [4.69, 9.17) is 0 Å². The molecule has 334 valence electrons. The van der Waals surface area contributed by atoms with Crippen molar-refractivity contribution in [3.63, 3.8) is 0 Å². The highest BCUT2D eigenvalue weighted by atomic mass is 16.3. The summed E-state index contributed by atoms with van der Waals surface area (Å²) in [7, 11) is 0. The molecule has 2 atom stereocenters. The van der Waals surface area contributed by atoms with Gasteiger partial charge in [0.05, 0.1) is 18.8 Å². The van der Waals surface area contributed by atoms with E-state index in [0.29, 0.717) is 6.42 Å². The molecule has 0 heterocycles. The quantitative estimate of drug-likeness (QED) is 0.0424. The number of aliphatic hydroxyl groups excluding tert-OH is 2. The molecule has 0 saturated carbocycles. The van der Waals surface area contributed by atoms with E-state index in [1.165, 1.54) is 205 Å². The molecule has 0 spiro atoms. The van der Waals surface area contributed by atoms with E-state index < -0.39 is 12.1 Å². The molecule has 0 aliphatic carbocycles. The van der Waals surface area contributed by atoms with Crippen LogP contribution in [0.25, 0.3) is 0 Å². The molecule has 0 rings (SSSR count). The lowest BCUT2D eigenvalue weighted by molar-refractivity contribution is -0.123. The summed E-state index contributed by atoms with van der Waals surface area (Å²) in [5, 5.41) is 23.1. The highest BCUT2D eigenvalue weighted by molar-refractivity contribution is 5.76. The van der Waals surface area contributed by atoms with Gasteiger partial charge in [0.2, 0.25) is 5.91 Å². The molecular formula is C53H99NO3. The Kier molecular flexibility index (Phi) is 47.3. The molecule has 0 aromatic heterocycles. The third-order valence-electron chi connectivity index (χ3n) is 11.5. The predicted octanol–water partition coefficient (Wildman–Crippen LogP) is 16.3. The Hall–Kier alpha value is -1.65. The average molecular weight is 798 g/mol. The highest BCUT2D eigenvalue weighted by Crippen LogP contribution is 2.16. The second kappa shape index (κ2) is 48.7. The van der Waals surface area contributed by atoms with E-state index in [1.807, 2.05) is 6.08 Å². The molecule has 0 aliphatic heterocycles. The van der Waals surface area contributed by atoms with Gasteiger partial charge >= 0.3 is 0 Å². The number of aliphatic hydroxyl groups is 2. The van der Waals surface area contributed by atoms with Crippen molar-refractivity contribution >= 4 is 5.91 Å². The third kappa shape index (κ3) is 45.3. The van der Waals surface area contributed by atoms with E-state index in [1.54, 1.807) is 6.08 Å². The van der Waals surface area contributed by atoms with Crippen LogP contribution in [0.2, 0.25) is 0 Å². The summed E-state index contributed by atoms with van der Waals surface area (Å²) >= 11 is 0. The van der Waals surface area contributed by atoms with Crippen LogP contribution in [0.4, 0.5) is 0 Å². The SMILES string of the molecule is CCCCCCC/C=C\C/C=C\CCCCCCCCCCCCCCCCCC(=O)NC(CO)C(O)/C=C/CC/C=C/CCCCCCCCCCCCCC. The fourth-order valence-electron chi connectivity index (χ4n) is 7.64. The summed E-state index contributed by atoms with van der Waals surface area (Å²) < 4.78 is 0. The molecule has 0 radical (unpaired) electrons. The maximum atomic E-state index is 12.4. The minimum Gasteiger partial charge on any atom is -0.394 e. The first-order valence-corrected chi connectivity index (χ1v) is 25.4. The van der Waals surface area contributed by atoms with Gasteiger partial charge in [-0.15, -0.1) is 0 Å². The number of unbranched alkanes of at least 4 members (excludes halogenated alkanes) is 33. The maximum absolute atomic E-state index is 12.4. The Labute approximate surface area is 356 Å². The largest absolute Gasteiger partial charge is 0.394 e. The normalized spacial score (nSPS) is 13.3. The van der Waals surface area contributed by atoms with E-state index in [0.717, 1.165) is 38.5 Å². The predicted molar refractivity (Wildman–Crippen MR) is 253 cm³/mol. The van der Waals surface area contributed by atoms with Crippen LogP contribution in [0.3, 0.4) is 0 Å². The Morgan fingerprint density at radius 2 is 0.737 bits per heavy atom. The van der Waals surface area contributed by atoms with Crippen molar-refractivity contribution in [2.75, 3.05) is 6.61 Å². The van der Waals surface area contributed by atoms with Crippen LogP contribution in [-0.2, 0) is 4.79 Å². The molecule has 1 amide bonds. The summed E-state index contributed by atoms with van der Waals surface area (Å²) in [6, 6.07) is -0.639. The first-order chi connectivity index (χ1) is 28.2. The van der Waals surface area contributed by atoms with Crippen molar-refractivity contribution in [3.8, 4) is 0 Å². The zero-order valence-corrected chi connectivity index (χ0v) is 38.4. The standard InChI is InChI=1S/C53H99NO3/c1-3-5-7-9-11-13-15-17-19-21-23-24-25-26-27-28-29-30-31-33-35-37-39-41-43-45-47-49-53(57)54-51(50-55)52(56)48-46-44-42-40-38-36-34-32-22-20-18-16-14-12-10-8-6-4-2/h15,17,21,23,38,40,46,48,51-52,55-56H,3-14,16,18-20,22,24-37,39,41-45,47,49-50H2,1-2H3,(H,54,57)/b17-15-,23-21-,40-38+,48-46+. The summed E-state index contributed by atoms with van der Waals surface area (Å²) in [6.07, 6.45) is 66.7. The zero-order valence-electron chi connectivity index (χ0n) is 38.4. The van der Waals surface area contributed by atoms with Gasteiger partial charge in [-0.25, -0.2) is 0 Å². The van der Waals surface area contributed by atoms with Gasteiger partial charge in [-0.1, -0.05) is 242 Å². The van der Waals surface area contributed by atoms with E-state index in [-0.39, 0.29) is 12.5 Å². The van der Waals surface area contributed by atoms with Crippen molar-refractivity contribution in [3.05, 3.63) is 48.6 Å². The molecule has 2 unspecified atom stereocenters. The molecule has 4 heteroatoms. The molecule has 0 bridgehead atoms. The Balaban J connectivity index is 3.54. The molecule has 4 nitrogen and oxygen atoms in total. The number of hydrogen-bond acceptors (Lipinski definition) is 3. The minimum absolute atomic E-state index is 0.0724. The average Bonchev–Trinajstić information content (AvgIpc) is 3.22. The number of carbonyl (C=O) groups is 1. The smallest absolute Gasteiger partial charge is 0.220 e. The van der Waals surface area contributed by atoms with Crippen LogP contribution in [0.15, 0.2) is 48.6 Å². The lowest BCUT2D eigenvalue weighted by Crippen LogP contribution is -2.45. The Morgan fingerprint density at radius 3 is 1.12 bits per heavy atom. The molecular weight excluding hydrogens is 699 g/mol. The lowest BCUT2D eigenvalue weighted by Gasteiger charge is -2.19. The molecule has 0 saturated heterocycles. The zero-order chi connectivity index (χ0) is 41.4. The van der Waals surface area contributed by atoms with Crippen molar-refractivity contribution < 1.29 is 15.0 Å². The summed E-state index contributed by atoms with van der Waals surface area (Å²) in [6.45, 7) is 4.30. The van der Waals surface area contributed by atoms with E-state index in [9.17, 15) is 15.0 Å². The number of rotatable bonds is 46. The topological polar surface area (TPSA) is 69.6 Å². The van der Waals surface area contributed by atoms with Gasteiger partial charge in [-0.3, -0.25) is 4.79 Å². The van der Waals surface area contributed by atoms with Crippen LogP contribution in [0, 0.1) is 0 Å². The molecule has 0 aliphatic rings. The molecule has 0 aromatic rings. The van der Waals surface area contributed by atoms with Crippen molar-refractivity contribution in [1.29, 1.82) is 0 Å². The lowest BCUT2D eigenvalue weighted by atomic mass is 10.0. The number of amides is 1. The van der Waals surface area contributed by atoms with Crippen molar-refractivity contribution in [1.82, 2.24) is 5.32 Å². The number of hydrogen-bond donors (Lipinski definition) is 3. The summed E-state index contributed by atoms with van der Waals surface area (Å²) in [5.74, 6) is -0.0724. The Morgan fingerprint density at radius 1 is 0.421 bits per heavy atom. The van der Waals surface area contributed by atoms with Gasteiger partial charge in [0.1, 0.15) is 0 Å². The van der Waals surface area contributed by atoms with Crippen LogP contribution < -0.4 is 5.32 Å². The fraction of sp³-hybridized carbons (Fsp3) is 0.830. The van der Waals surface area contributed by atoms with Crippen LogP contribution in [0.5, 0.6) is 0 Å². The number of carbonyl (C=O) groups excluding carboxylic acids is 1. The van der Waals surface area contributed by atoms with Gasteiger partial charge in [-0.05, 0) is 64.2 Å². The second-order valence-electron chi connectivity index (χ2n) is 17.2. The van der Waals surface area contributed by atoms with Crippen molar-refractivity contribution in [2.45, 2.75) is 276 Å². The second-order valence-corrected chi connectivity index (χ2v) is 17.2. The van der Waals surface area contributed by atoms with Crippen LogP contribution >= 0.6 is 0 Å². The molecule has 57 heavy (non-hydrogen) atoms. The Bertz CT molecular complexity index is 908. The van der Waals surface area contributed by atoms with Gasteiger partial charge in [0.25, 0.3) is 0 Å². The van der Waals surface area contributed by atoms with Gasteiger partial charge in [-0.2, -0.15) is 0 Å². The van der Waals surface area contributed by atoms with E-state index in [2.05, 4.69) is 55.6 Å². The van der Waals surface area contributed by atoms with Gasteiger partial charge in [0.15, 0.2) is 0 Å². The first kappa shape index (κ1) is 55.4. The fourth-order valence-corrected chi connectivity index (χ4v) is 7.64. The maximum Gasteiger partial charge on any atom is 0.220 e. The third-order valence-corrected chi connectivity index (χ3v) is 11.5. The van der Waals surface area contributed by atoms with Crippen LogP contribution in [-0.4, -0.2) is 34.9 Å². The molecule has 0 aromatic carbocycles. The van der Waals surface area contributed by atoms with Gasteiger partial charge < -0.3 is 15.5 Å². The highest BCUT2D eigenvalue weighted by Gasteiger charge is 2.17. The van der Waals surface area contributed by atoms with Gasteiger partial charge in [0, 0.05) is 6.42 Å². The summed E-state index contributed by atoms with van der Waals surface area (Å²) in [4.78, 5) is 12.4. The number of nitrogens with one attached hydrogen (secondary N) is 1. The van der Waals surface area contributed by atoms with Crippen LogP contribution in [0.1, 0.15) is 264 Å². The first-order valence-electron chi connectivity index (χ1n) is 25.4. The molecule has 3 N–H and O–H groups in total. The molecule has 0 fully saturated rings. The summed E-state index contributed by atoms with van der Waals surface area (Å²) in [5.41, 5.74) is 0. The minimum atomic E-state index is -0.862. The number of allylic oxidation sites excluding steroid dienone is 7. The van der Waals surface area contributed by atoms with Crippen molar-refractivity contribution in [2.24, 2.45) is 0 Å². The monoisotopic (exact) mass is 798 g/mol.